The van der Waals surface area contributed by atoms with Crippen molar-refractivity contribution in [2.45, 2.75) is 20.0 Å². The Kier molecular flexibility index (Phi) is 6.08. The molecule has 118 valence electrons. The highest BCUT2D eigenvalue weighted by Crippen LogP contribution is 2.22. The van der Waals surface area contributed by atoms with Crippen molar-refractivity contribution in [3.05, 3.63) is 64.7 Å². The number of amides is 1. The van der Waals surface area contributed by atoms with Gasteiger partial charge in [-0.25, -0.2) is 0 Å². The maximum absolute atomic E-state index is 12.0. The molecule has 0 aromatic heterocycles. The summed E-state index contributed by atoms with van der Waals surface area (Å²) in [6.45, 7) is 3.87. The highest BCUT2D eigenvalue weighted by molar-refractivity contribution is 6.30. The van der Waals surface area contributed by atoms with Crippen LogP contribution in [0.5, 0.6) is 5.75 Å². The summed E-state index contributed by atoms with van der Waals surface area (Å²) in [5.74, 6) is 6.34. The van der Waals surface area contributed by atoms with Gasteiger partial charge < -0.3 is 10.1 Å². The second-order valence-electron chi connectivity index (χ2n) is 5.06. The van der Waals surface area contributed by atoms with E-state index in [0.717, 1.165) is 11.1 Å². The van der Waals surface area contributed by atoms with Crippen molar-refractivity contribution >= 4 is 17.5 Å². The number of aryl methyl sites for hydroxylation is 1. The van der Waals surface area contributed by atoms with Crippen molar-refractivity contribution < 1.29 is 9.53 Å². The standard InChI is InChI=1S/C19H18ClNO2/c1-14-13-17(20)10-11-18(14)23-15(2)19(22)21-12-6-9-16-7-4-3-5-8-16/h3-5,7-8,10-11,13,15H,12H2,1-2H3,(H,21,22). The molecule has 1 amide bonds. The summed E-state index contributed by atoms with van der Waals surface area (Å²) in [5, 5.41) is 3.38. The van der Waals surface area contributed by atoms with E-state index in [-0.39, 0.29) is 12.5 Å². The minimum Gasteiger partial charge on any atom is -0.481 e. The van der Waals surface area contributed by atoms with Crippen LogP contribution in [0.15, 0.2) is 48.5 Å². The smallest absolute Gasteiger partial charge is 0.261 e. The van der Waals surface area contributed by atoms with Gasteiger partial charge in [-0.15, -0.1) is 0 Å². The molecule has 2 aromatic carbocycles. The van der Waals surface area contributed by atoms with E-state index in [2.05, 4.69) is 17.2 Å². The fraction of sp³-hybridized carbons (Fsp3) is 0.211. The van der Waals surface area contributed by atoms with Gasteiger partial charge in [0.1, 0.15) is 5.75 Å². The van der Waals surface area contributed by atoms with Crippen molar-refractivity contribution in [1.29, 1.82) is 0 Å². The molecule has 2 rings (SSSR count). The first-order valence-electron chi connectivity index (χ1n) is 7.30. The molecule has 23 heavy (non-hydrogen) atoms. The van der Waals surface area contributed by atoms with E-state index in [9.17, 15) is 4.79 Å². The predicted octanol–water partition coefficient (Wildman–Crippen LogP) is 3.58. The monoisotopic (exact) mass is 327 g/mol. The molecule has 1 unspecified atom stereocenters. The maximum Gasteiger partial charge on any atom is 0.261 e. The fourth-order valence-electron chi connectivity index (χ4n) is 1.93. The summed E-state index contributed by atoms with van der Waals surface area (Å²) >= 11 is 5.90. The van der Waals surface area contributed by atoms with Crippen LogP contribution in [0.25, 0.3) is 0 Å². The van der Waals surface area contributed by atoms with E-state index < -0.39 is 6.10 Å². The summed E-state index contributed by atoms with van der Waals surface area (Å²) in [4.78, 5) is 12.0. The molecule has 0 spiro atoms. The van der Waals surface area contributed by atoms with Gasteiger partial charge in [-0.2, -0.15) is 0 Å². The van der Waals surface area contributed by atoms with E-state index >= 15 is 0 Å². The van der Waals surface area contributed by atoms with Crippen LogP contribution in [0.1, 0.15) is 18.1 Å². The average Bonchev–Trinajstić information content (AvgIpc) is 2.55. The quantitative estimate of drug-likeness (QED) is 0.872. The number of halogens is 1. The van der Waals surface area contributed by atoms with E-state index in [1.807, 2.05) is 37.3 Å². The normalized spacial score (nSPS) is 11.1. The maximum atomic E-state index is 12.0. The van der Waals surface area contributed by atoms with Crippen LogP contribution in [0.2, 0.25) is 5.02 Å². The summed E-state index contributed by atoms with van der Waals surface area (Å²) in [6.07, 6.45) is -0.603. The fourth-order valence-corrected chi connectivity index (χ4v) is 2.16. The third-order valence-electron chi connectivity index (χ3n) is 3.17. The Morgan fingerprint density at radius 3 is 2.70 bits per heavy atom. The van der Waals surface area contributed by atoms with E-state index in [1.165, 1.54) is 0 Å². The molecular weight excluding hydrogens is 310 g/mol. The lowest BCUT2D eigenvalue weighted by molar-refractivity contribution is -0.127. The number of hydrogen-bond acceptors (Lipinski definition) is 2. The van der Waals surface area contributed by atoms with Crippen LogP contribution < -0.4 is 10.1 Å². The molecule has 2 aromatic rings. The molecule has 1 N–H and O–H groups in total. The predicted molar refractivity (Wildman–Crippen MR) is 92.6 cm³/mol. The second kappa shape index (κ2) is 8.26. The van der Waals surface area contributed by atoms with E-state index in [1.54, 1.807) is 25.1 Å². The number of benzene rings is 2. The van der Waals surface area contributed by atoms with E-state index in [0.29, 0.717) is 10.8 Å². The molecule has 0 heterocycles. The minimum atomic E-state index is -0.603. The van der Waals surface area contributed by atoms with Crippen molar-refractivity contribution in [2.75, 3.05) is 6.54 Å². The minimum absolute atomic E-state index is 0.207. The van der Waals surface area contributed by atoms with Crippen LogP contribution in [0.4, 0.5) is 0 Å². The highest BCUT2D eigenvalue weighted by atomic mass is 35.5. The van der Waals surface area contributed by atoms with Gasteiger partial charge in [0.2, 0.25) is 0 Å². The molecule has 3 nitrogen and oxygen atoms in total. The van der Waals surface area contributed by atoms with Crippen molar-refractivity contribution in [3.63, 3.8) is 0 Å². The lowest BCUT2D eigenvalue weighted by atomic mass is 10.2. The molecule has 0 radical (unpaired) electrons. The Bertz CT molecular complexity index is 732. The highest BCUT2D eigenvalue weighted by Gasteiger charge is 2.14. The number of ether oxygens (including phenoxy) is 1. The summed E-state index contributed by atoms with van der Waals surface area (Å²) < 4.78 is 5.66. The van der Waals surface area contributed by atoms with Crippen LogP contribution in [-0.2, 0) is 4.79 Å². The average molecular weight is 328 g/mol. The first-order chi connectivity index (χ1) is 11.1. The Morgan fingerprint density at radius 1 is 1.26 bits per heavy atom. The zero-order valence-corrected chi connectivity index (χ0v) is 13.9. The van der Waals surface area contributed by atoms with Crippen LogP contribution in [-0.4, -0.2) is 18.6 Å². The third-order valence-corrected chi connectivity index (χ3v) is 3.40. The molecule has 0 aliphatic carbocycles. The summed E-state index contributed by atoms with van der Waals surface area (Å²) in [5.41, 5.74) is 1.81. The first kappa shape index (κ1) is 16.9. The van der Waals surface area contributed by atoms with Crippen LogP contribution in [0.3, 0.4) is 0 Å². The van der Waals surface area contributed by atoms with Gasteiger partial charge in [0.25, 0.3) is 5.91 Å². The Balaban J connectivity index is 1.84. The molecule has 0 aliphatic heterocycles. The number of rotatable bonds is 4. The molecule has 0 bridgehead atoms. The van der Waals surface area contributed by atoms with Gasteiger partial charge in [0, 0.05) is 10.6 Å². The number of nitrogens with one attached hydrogen (secondary N) is 1. The third kappa shape index (κ3) is 5.36. The second-order valence-corrected chi connectivity index (χ2v) is 5.49. The summed E-state index contributed by atoms with van der Waals surface area (Å²) in [6, 6.07) is 14.9. The molecule has 0 saturated carbocycles. The number of hydrogen-bond donors (Lipinski definition) is 1. The van der Waals surface area contributed by atoms with Gasteiger partial charge in [-0.3, -0.25) is 4.79 Å². The molecule has 1 atom stereocenters. The van der Waals surface area contributed by atoms with Gasteiger partial charge >= 0.3 is 0 Å². The molecule has 4 heteroatoms. The van der Waals surface area contributed by atoms with Gasteiger partial charge in [0.15, 0.2) is 6.10 Å². The zero-order chi connectivity index (χ0) is 16.7. The van der Waals surface area contributed by atoms with Gasteiger partial charge in [-0.1, -0.05) is 41.6 Å². The Morgan fingerprint density at radius 2 is 2.00 bits per heavy atom. The molecule has 0 saturated heterocycles. The topological polar surface area (TPSA) is 38.3 Å². The van der Waals surface area contributed by atoms with Crippen LogP contribution >= 0.6 is 11.6 Å². The Hall–Kier alpha value is -2.44. The van der Waals surface area contributed by atoms with Crippen molar-refractivity contribution in [1.82, 2.24) is 5.32 Å². The molecular formula is C19H18ClNO2. The van der Waals surface area contributed by atoms with Crippen LogP contribution in [0, 0.1) is 18.8 Å². The lowest BCUT2D eigenvalue weighted by Gasteiger charge is -2.15. The lowest BCUT2D eigenvalue weighted by Crippen LogP contribution is -2.36. The number of carbonyl (C=O) groups excluding carboxylic acids is 1. The first-order valence-corrected chi connectivity index (χ1v) is 7.68. The number of carbonyl (C=O) groups is 1. The Labute approximate surface area is 141 Å². The SMILES string of the molecule is Cc1cc(Cl)ccc1OC(C)C(=O)NCC#Cc1ccccc1. The van der Waals surface area contributed by atoms with Gasteiger partial charge in [0.05, 0.1) is 6.54 Å². The van der Waals surface area contributed by atoms with E-state index in [4.69, 9.17) is 16.3 Å². The summed E-state index contributed by atoms with van der Waals surface area (Å²) in [7, 11) is 0. The zero-order valence-electron chi connectivity index (χ0n) is 13.1. The van der Waals surface area contributed by atoms with Crippen molar-refractivity contribution in [2.24, 2.45) is 0 Å². The van der Waals surface area contributed by atoms with Crippen molar-refractivity contribution in [3.8, 4) is 17.6 Å². The largest absolute Gasteiger partial charge is 0.481 e. The van der Waals surface area contributed by atoms with Gasteiger partial charge in [-0.05, 0) is 49.7 Å². The molecule has 0 aliphatic rings. The molecule has 0 fully saturated rings.